The lowest BCUT2D eigenvalue weighted by atomic mass is 10.1. The highest BCUT2D eigenvalue weighted by atomic mass is 79.9. The molecule has 1 aliphatic heterocycles. The third-order valence-electron chi connectivity index (χ3n) is 3.83. The summed E-state index contributed by atoms with van der Waals surface area (Å²) < 4.78 is 0.834. The van der Waals surface area contributed by atoms with Gasteiger partial charge < -0.3 is 10.6 Å². The number of hydrogen-bond acceptors (Lipinski definition) is 5. The normalized spacial score (nSPS) is 22.2. The Balaban J connectivity index is 2.40. The molecule has 112 valence electrons. The number of halogens is 1. The molecular weight excluding hydrogens is 318 g/mol. The van der Waals surface area contributed by atoms with Gasteiger partial charge in [0.05, 0.1) is 16.2 Å². The maximum atomic E-state index is 6.05. The molecule has 0 amide bonds. The van der Waals surface area contributed by atoms with E-state index in [1.165, 1.54) is 6.42 Å². The summed E-state index contributed by atoms with van der Waals surface area (Å²) in [5.74, 6) is 1.70. The van der Waals surface area contributed by atoms with E-state index in [0.717, 1.165) is 35.6 Å². The highest BCUT2D eigenvalue weighted by Gasteiger charge is 2.26. The molecule has 20 heavy (non-hydrogen) atoms. The molecular formula is C14H24BrN5. The van der Waals surface area contributed by atoms with Gasteiger partial charge in [0.15, 0.2) is 0 Å². The largest absolute Gasteiger partial charge is 0.383 e. The van der Waals surface area contributed by atoms with E-state index < -0.39 is 0 Å². The molecule has 6 heteroatoms. The van der Waals surface area contributed by atoms with Crippen molar-refractivity contribution < 1.29 is 0 Å². The van der Waals surface area contributed by atoms with Crippen LogP contribution in [0.4, 0.5) is 5.82 Å². The highest BCUT2D eigenvalue weighted by molar-refractivity contribution is 9.10. The summed E-state index contributed by atoms with van der Waals surface area (Å²) >= 11 is 3.51. The fourth-order valence-corrected chi connectivity index (χ4v) is 3.22. The average molecular weight is 342 g/mol. The van der Waals surface area contributed by atoms with Gasteiger partial charge in [0.2, 0.25) is 0 Å². The number of nitrogens with zero attached hydrogens (tertiary/aromatic N) is 4. The van der Waals surface area contributed by atoms with Crippen LogP contribution in [0.1, 0.15) is 43.7 Å². The van der Waals surface area contributed by atoms with Gasteiger partial charge in [-0.05, 0) is 55.5 Å². The number of anilines is 1. The van der Waals surface area contributed by atoms with E-state index in [0.29, 0.717) is 11.7 Å². The zero-order valence-corrected chi connectivity index (χ0v) is 14.3. The Morgan fingerprint density at radius 3 is 2.60 bits per heavy atom. The molecule has 1 aromatic rings. The molecule has 1 aromatic heterocycles. The van der Waals surface area contributed by atoms with Crippen molar-refractivity contribution in [2.24, 2.45) is 0 Å². The Hall–Kier alpha value is -0.720. The Kier molecular flexibility index (Phi) is 4.99. The number of hydrogen-bond donors (Lipinski definition) is 1. The van der Waals surface area contributed by atoms with E-state index in [2.05, 4.69) is 58.7 Å². The predicted molar refractivity (Wildman–Crippen MR) is 85.7 cm³/mol. The Morgan fingerprint density at radius 2 is 1.95 bits per heavy atom. The van der Waals surface area contributed by atoms with Crippen molar-refractivity contribution in [2.45, 2.75) is 32.2 Å². The van der Waals surface area contributed by atoms with Crippen LogP contribution in [0.25, 0.3) is 0 Å². The molecule has 0 aliphatic carbocycles. The van der Waals surface area contributed by atoms with E-state index in [4.69, 9.17) is 10.7 Å². The van der Waals surface area contributed by atoms with Crippen molar-refractivity contribution >= 4 is 21.7 Å². The van der Waals surface area contributed by atoms with Crippen molar-refractivity contribution in [1.82, 2.24) is 19.8 Å². The van der Waals surface area contributed by atoms with Crippen molar-refractivity contribution in [2.75, 3.05) is 39.5 Å². The number of aromatic nitrogens is 2. The van der Waals surface area contributed by atoms with Crippen molar-refractivity contribution in [3.8, 4) is 0 Å². The number of nitrogens with two attached hydrogens (primary N) is 1. The quantitative estimate of drug-likeness (QED) is 0.893. The summed E-state index contributed by atoms with van der Waals surface area (Å²) in [6.45, 7) is 7.36. The fraction of sp³-hybridized carbons (Fsp3) is 0.714. The predicted octanol–water partition coefficient (Wildman–Crippen LogP) is 2.25. The van der Waals surface area contributed by atoms with Crippen LogP contribution in [0, 0.1) is 0 Å². The molecule has 2 N–H and O–H groups in total. The number of rotatable bonds is 2. The molecule has 1 aliphatic rings. The zero-order chi connectivity index (χ0) is 14.9. The second kappa shape index (κ2) is 6.37. The van der Waals surface area contributed by atoms with E-state index in [-0.39, 0.29) is 6.04 Å². The lowest BCUT2D eigenvalue weighted by Gasteiger charge is -2.27. The third-order valence-corrected chi connectivity index (χ3v) is 4.64. The van der Waals surface area contributed by atoms with Gasteiger partial charge in [-0.15, -0.1) is 0 Å². The van der Waals surface area contributed by atoms with Crippen LogP contribution in [0.15, 0.2) is 4.47 Å². The van der Waals surface area contributed by atoms with Crippen LogP contribution in [0.5, 0.6) is 0 Å². The zero-order valence-electron chi connectivity index (χ0n) is 12.7. The van der Waals surface area contributed by atoms with Crippen LogP contribution in [-0.4, -0.2) is 53.5 Å². The Labute approximate surface area is 129 Å². The van der Waals surface area contributed by atoms with Gasteiger partial charge in [0.25, 0.3) is 0 Å². The molecule has 0 bridgehead atoms. The molecule has 0 radical (unpaired) electrons. The molecule has 1 unspecified atom stereocenters. The summed E-state index contributed by atoms with van der Waals surface area (Å²) in [4.78, 5) is 14.0. The number of nitrogen functional groups attached to an aromatic ring is 1. The van der Waals surface area contributed by atoms with Gasteiger partial charge in [0.1, 0.15) is 11.6 Å². The van der Waals surface area contributed by atoms with Gasteiger partial charge in [-0.3, -0.25) is 4.90 Å². The van der Waals surface area contributed by atoms with Crippen LogP contribution < -0.4 is 5.73 Å². The first kappa shape index (κ1) is 15.7. The second-order valence-electron chi connectivity index (χ2n) is 5.93. The van der Waals surface area contributed by atoms with Crippen molar-refractivity contribution in [3.05, 3.63) is 16.0 Å². The van der Waals surface area contributed by atoms with Gasteiger partial charge in [-0.2, -0.15) is 0 Å². The average Bonchev–Trinajstić information content (AvgIpc) is 2.54. The number of likely N-dealkylation sites (N-methyl/N-ethyl adjacent to an activating group) is 2. The monoisotopic (exact) mass is 341 g/mol. The van der Waals surface area contributed by atoms with E-state index in [9.17, 15) is 0 Å². The Morgan fingerprint density at radius 1 is 1.25 bits per heavy atom. The minimum atomic E-state index is 0.204. The minimum Gasteiger partial charge on any atom is -0.383 e. The standard InChI is InChI=1S/C14H24BrN5/c1-9(2)12-11(15)13(16)18-14(17-12)10-8-19(3)6-5-7-20(10)4/h9-10H,5-8H2,1-4H3,(H2,16,17,18). The maximum absolute atomic E-state index is 6.05. The van der Waals surface area contributed by atoms with Crippen LogP contribution in [-0.2, 0) is 0 Å². The fourth-order valence-electron chi connectivity index (χ4n) is 2.58. The molecule has 2 heterocycles. The van der Waals surface area contributed by atoms with E-state index in [1.54, 1.807) is 0 Å². The summed E-state index contributed by atoms with van der Waals surface area (Å²) in [7, 11) is 4.29. The van der Waals surface area contributed by atoms with Gasteiger partial charge in [-0.1, -0.05) is 13.8 Å². The topological polar surface area (TPSA) is 58.3 Å². The first-order chi connectivity index (χ1) is 9.40. The van der Waals surface area contributed by atoms with Gasteiger partial charge in [0, 0.05) is 6.54 Å². The van der Waals surface area contributed by atoms with Gasteiger partial charge in [-0.25, -0.2) is 9.97 Å². The van der Waals surface area contributed by atoms with E-state index >= 15 is 0 Å². The van der Waals surface area contributed by atoms with Crippen molar-refractivity contribution in [3.63, 3.8) is 0 Å². The van der Waals surface area contributed by atoms with Gasteiger partial charge >= 0.3 is 0 Å². The molecule has 1 atom stereocenters. The molecule has 0 spiro atoms. The minimum absolute atomic E-state index is 0.204. The lowest BCUT2D eigenvalue weighted by Crippen LogP contribution is -2.32. The molecule has 0 aromatic carbocycles. The first-order valence-corrected chi connectivity index (χ1v) is 7.91. The third kappa shape index (κ3) is 3.30. The Bertz CT molecular complexity index is 477. The SMILES string of the molecule is CC(C)c1nc(C2CN(C)CCCN2C)nc(N)c1Br. The molecule has 2 rings (SSSR count). The van der Waals surface area contributed by atoms with E-state index in [1.807, 2.05) is 0 Å². The summed E-state index contributed by atoms with van der Waals surface area (Å²) in [5, 5.41) is 0. The van der Waals surface area contributed by atoms with Crippen molar-refractivity contribution in [1.29, 1.82) is 0 Å². The molecule has 0 saturated carbocycles. The smallest absolute Gasteiger partial charge is 0.149 e. The maximum Gasteiger partial charge on any atom is 0.149 e. The summed E-state index contributed by atoms with van der Waals surface area (Å²) in [6, 6.07) is 0.204. The second-order valence-corrected chi connectivity index (χ2v) is 6.73. The first-order valence-electron chi connectivity index (χ1n) is 7.11. The molecule has 1 saturated heterocycles. The van der Waals surface area contributed by atoms with Crippen LogP contribution in [0.2, 0.25) is 0 Å². The van der Waals surface area contributed by atoms with Crippen LogP contribution in [0.3, 0.4) is 0 Å². The van der Waals surface area contributed by atoms with Crippen LogP contribution >= 0.6 is 15.9 Å². The summed E-state index contributed by atoms with van der Waals surface area (Å²) in [6.07, 6.45) is 1.17. The summed E-state index contributed by atoms with van der Waals surface area (Å²) in [5.41, 5.74) is 7.05. The highest BCUT2D eigenvalue weighted by Crippen LogP contribution is 2.30. The lowest BCUT2D eigenvalue weighted by molar-refractivity contribution is 0.219. The molecule has 5 nitrogen and oxygen atoms in total. The molecule has 1 fully saturated rings.